The summed E-state index contributed by atoms with van der Waals surface area (Å²) in [6.07, 6.45) is 5.82. The van der Waals surface area contributed by atoms with Crippen molar-refractivity contribution in [3.63, 3.8) is 0 Å². The Morgan fingerprint density at radius 3 is 2.76 bits per heavy atom. The molecule has 1 aromatic heterocycles. The molecular weight excluding hydrogens is 232 g/mol. The first-order valence-corrected chi connectivity index (χ1v) is 7.19. The summed E-state index contributed by atoms with van der Waals surface area (Å²) in [6.45, 7) is 2.06. The van der Waals surface area contributed by atoms with Crippen molar-refractivity contribution in [3.8, 4) is 0 Å². The Kier molecular flexibility index (Phi) is 4.17. The summed E-state index contributed by atoms with van der Waals surface area (Å²) in [7, 11) is 3.88. The molecule has 3 nitrogen and oxygen atoms in total. The van der Waals surface area contributed by atoms with E-state index in [4.69, 9.17) is 4.74 Å². The van der Waals surface area contributed by atoms with Gasteiger partial charge in [-0.15, -0.1) is 11.3 Å². The van der Waals surface area contributed by atoms with Crippen molar-refractivity contribution in [2.24, 2.45) is 0 Å². The highest BCUT2D eigenvalue weighted by molar-refractivity contribution is 7.09. The van der Waals surface area contributed by atoms with Crippen LogP contribution in [0.4, 0.5) is 0 Å². The van der Waals surface area contributed by atoms with Crippen LogP contribution in [0, 0.1) is 6.92 Å². The van der Waals surface area contributed by atoms with E-state index in [0.717, 1.165) is 17.8 Å². The smallest absolute Gasteiger partial charge is 0.0897 e. The number of nitrogens with one attached hydrogen (secondary N) is 1. The van der Waals surface area contributed by atoms with E-state index in [1.807, 2.05) is 14.2 Å². The minimum absolute atomic E-state index is 0.138. The summed E-state index contributed by atoms with van der Waals surface area (Å²) >= 11 is 1.73. The fourth-order valence-electron chi connectivity index (χ4n) is 2.54. The molecule has 1 fully saturated rings. The minimum Gasteiger partial charge on any atom is -0.378 e. The van der Waals surface area contributed by atoms with Crippen LogP contribution < -0.4 is 5.32 Å². The average molecular weight is 254 g/mol. The van der Waals surface area contributed by atoms with Crippen molar-refractivity contribution in [1.29, 1.82) is 0 Å². The highest BCUT2D eigenvalue weighted by atomic mass is 32.1. The minimum atomic E-state index is 0.138. The van der Waals surface area contributed by atoms with Crippen LogP contribution in [-0.2, 0) is 11.2 Å². The van der Waals surface area contributed by atoms with Gasteiger partial charge >= 0.3 is 0 Å². The van der Waals surface area contributed by atoms with Gasteiger partial charge in [0.05, 0.1) is 16.3 Å². The van der Waals surface area contributed by atoms with Gasteiger partial charge in [-0.05, 0) is 39.7 Å². The van der Waals surface area contributed by atoms with Crippen molar-refractivity contribution in [2.45, 2.75) is 50.7 Å². The number of nitrogens with zero attached hydrogens (tertiary/aromatic N) is 1. The zero-order chi connectivity index (χ0) is 12.3. The maximum Gasteiger partial charge on any atom is 0.0897 e. The van der Waals surface area contributed by atoms with Gasteiger partial charge in [-0.25, -0.2) is 4.98 Å². The molecule has 1 atom stereocenters. The fourth-order valence-corrected chi connectivity index (χ4v) is 3.17. The molecule has 0 bridgehead atoms. The summed E-state index contributed by atoms with van der Waals surface area (Å²) in [5.74, 6) is 0. The van der Waals surface area contributed by atoms with Crippen LogP contribution in [-0.4, -0.2) is 30.8 Å². The number of hydrogen-bond acceptors (Lipinski definition) is 4. The van der Waals surface area contributed by atoms with Crippen molar-refractivity contribution in [1.82, 2.24) is 10.3 Å². The zero-order valence-corrected chi connectivity index (χ0v) is 11.8. The maximum absolute atomic E-state index is 5.69. The lowest BCUT2D eigenvalue weighted by Gasteiger charge is -2.42. The number of likely N-dealkylation sites (N-methyl/N-ethyl adjacent to an activating group) is 1. The van der Waals surface area contributed by atoms with Crippen LogP contribution >= 0.6 is 11.3 Å². The maximum atomic E-state index is 5.69. The molecule has 1 aromatic rings. The quantitative estimate of drug-likeness (QED) is 0.847. The van der Waals surface area contributed by atoms with E-state index in [2.05, 4.69) is 22.6 Å². The molecule has 1 aliphatic carbocycles. The monoisotopic (exact) mass is 254 g/mol. The molecule has 0 saturated heterocycles. The Labute approximate surface area is 108 Å². The molecule has 2 rings (SSSR count). The van der Waals surface area contributed by atoms with Crippen LogP contribution in [0.3, 0.4) is 0 Å². The number of ether oxygens (including phenoxy) is 1. The molecule has 0 aliphatic heterocycles. The van der Waals surface area contributed by atoms with E-state index in [9.17, 15) is 0 Å². The van der Waals surface area contributed by atoms with E-state index in [0.29, 0.717) is 6.04 Å². The number of aromatic nitrogens is 1. The summed E-state index contributed by atoms with van der Waals surface area (Å²) in [5.41, 5.74) is 1.34. The van der Waals surface area contributed by atoms with Crippen molar-refractivity contribution in [3.05, 3.63) is 16.1 Å². The van der Waals surface area contributed by atoms with Crippen molar-refractivity contribution in [2.75, 3.05) is 14.2 Å². The van der Waals surface area contributed by atoms with E-state index < -0.39 is 0 Å². The second-order valence-electron chi connectivity index (χ2n) is 4.99. The second kappa shape index (κ2) is 5.46. The topological polar surface area (TPSA) is 34.2 Å². The Bertz CT molecular complexity index is 355. The Balaban J connectivity index is 1.92. The third-order valence-corrected chi connectivity index (χ3v) is 4.67. The van der Waals surface area contributed by atoms with Gasteiger partial charge in [0.2, 0.25) is 0 Å². The molecular formula is C13H22N2OS. The van der Waals surface area contributed by atoms with Crippen molar-refractivity contribution >= 4 is 11.3 Å². The first-order valence-electron chi connectivity index (χ1n) is 6.31. The Hall–Kier alpha value is -0.450. The van der Waals surface area contributed by atoms with E-state index in [1.54, 1.807) is 11.3 Å². The lowest BCUT2D eigenvalue weighted by Crippen LogP contribution is -2.45. The summed E-state index contributed by atoms with van der Waals surface area (Å²) in [4.78, 5) is 4.54. The van der Waals surface area contributed by atoms with Gasteiger partial charge in [0.15, 0.2) is 0 Å². The second-order valence-corrected chi connectivity index (χ2v) is 6.05. The molecule has 1 saturated carbocycles. The summed E-state index contributed by atoms with van der Waals surface area (Å²) in [5, 5.41) is 6.72. The van der Waals surface area contributed by atoms with Crippen LogP contribution in [0.15, 0.2) is 5.38 Å². The predicted octanol–water partition coefficient (Wildman–Crippen LogP) is 2.54. The third-order valence-electron chi connectivity index (χ3n) is 3.85. The van der Waals surface area contributed by atoms with Crippen molar-refractivity contribution < 1.29 is 4.74 Å². The van der Waals surface area contributed by atoms with Crippen LogP contribution in [0.25, 0.3) is 0 Å². The number of hydrogen-bond donors (Lipinski definition) is 1. The highest BCUT2D eigenvalue weighted by Gasteiger charge is 2.38. The standard InChI is InChI=1S/C13H22N2OS/c1-10-15-12(9-17-10)7-11(14-2)8-13(16-3)5-4-6-13/h9,11,14H,4-8H2,1-3H3. The van der Waals surface area contributed by atoms with Gasteiger partial charge in [-0.1, -0.05) is 0 Å². The molecule has 0 amide bonds. The summed E-state index contributed by atoms with van der Waals surface area (Å²) < 4.78 is 5.69. The number of thiazole rings is 1. The van der Waals surface area contributed by atoms with Crippen LogP contribution in [0.1, 0.15) is 36.4 Å². The molecule has 17 heavy (non-hydrogen) atoms. The van der Waals surface area contributed by atoms with Gasteiger partial charge in [-0.2, -0.15) is 0 Å². The molecule has 1 N–H and O–H groups in total. The largest absolute Gasteiger partial charge is 0.378 e. The Morgan fingerprint density at radius 2 is 2.35 bits per heavy atom. The molecule has 0 spiro atoms. The van der Waals surface area contributed by atoms with Gasteiger partial charge in [-0.3, -0.25) is 0 Å². The third kappa shape index (κ3) is 3.06. The zero-order valence-electron chi connectivity index (χ0n) is 11.0. The first-order chi connectivity index (χ1) is 8.17. The molecule has 1 aliphatic rings. The molecule has 0 aromatic carbocycles. The molecule has 1 heterocycles. The SMILES string of the molecule is CNC(Cc1csc(C)n1)CC1(OC)CCC1. The highest BCUT2D eigenvalue weighted by Crippen LogP contribution is 2.39. The number of methoxy groups -OCH3 is 1. The normalized spacial score (nSPS) is 19.9. The lowest BCUT2D eigenvalue weighted by atomic mass is 9.75. The van der Waals surface area contributed by atoms with Gasteiger partial charge in [0.25, 0.3) is 0 Å². The lowest BCUT2D eigenvalue weighted by molar-refractivity contribution is -0.0830. The van der Waals surface area contributed by atoms with E-state index in [1.165, 1.54) is 25.0 Å². The van der Waals surface area contributed by atoms with E-state index >= 15 is 0 Å². The van der Waals surface area contributed by atoms with Crippen LogP contribution in [0.5, 0.6) is 0 Å². The average Bonchev–Trinajstić information content (AvgIpc) is 2.67. The molecule has 96 valence electrons. The fraction of sp³-hybridized carbons (Fsp3) is 0.769. The first kappa shape index (κ1) is 13.0. The molecule has 4 heteroatoms. The van der Waals surface area contributed by atoms with Crippen LogP contribution in [0.2, 0.25) is 0 Å². The molecule has 1 unspecified atom stereocenters. The van der Waals surface area contributed by atoms with Gasteiger partial charge in [0.1, 0.15) is 0 Å². The predicted molar refractivity (Wildman–Crippen MR) is 71.6 cm³/mol. The Morgan fingerprint density at radius 1 is 1.59 bits per heavy atom. The number of aryl methyl sites for hydroxylation is 1. The van der Waals surface area contributed by atoms with E-state index in [-0.39, 0.29) is 5.60 Å². The van der Waals surface area contributed by atoms with Gasteiger partial charge < -0.3 is 10.1 Å². The molecule has 0 radical (unpaired) electrons. The van der Waals surface area contributed by atoms with Gasteiger partial charge in [0, 0.05) is 25.0 Å². The summed E-state index contributed by atoms with van der Waals surface area (Å²) in [6, 6.07) is 0.469. The number of rotatable bonds is 6.